The summed E-state index contributed by atoms with van der Waals surface area (Å²) >= 11 is 1.61. The molecule has 3 aromatic rings. The molecule has 1 aliphatic rings. The molecule has 1 aliphatic heterocycles. The number of aromatic nitrogens is 6. The van der Waals surface area contributed by atoms with Gasteiger partial charge in [-0.25, -0.2) is 19.9 Å². The molecule has 0 aliphatic carbocycles. The van der Waals surface area contributed by atoms with Crippen LogP contribution < -0.4 is 0 Å². The Kier molecular flexibility index (Phi) is 4.57. The van der Waals surface area contributed by atoms with Gasteiger partial charge in [0.1, 0.15) is 12.7 Å². The van der Waals surface area contributed by atoms with Crippen molar-refractivity contribution < 1.29 is 0 Å². The Labute approximate surface area is 144 Å². The van der Waals surface area contributed by atoms with Gasteiger partial charge in [-0.1, -0.05) is 6.42 Å². The second-order valence-electron chi connectivity index (χ2n) is 5.95. The molecule has 0 amide bonds. The highest BCUT2D eigenvalue weighted by Gasteiger charge is 2.24. The highest BCUT2D eigenvalue weighted by atomic mass is 32.1. The van der Waals surface area contributed by atoms with Gasteiger partial charge in [0.2, 0.25) is 0 Å². The van der Waals surface area contributed by atoms with Crippen LogP contribution in [0.3, 0.4) is 0 Å². The Morgan fingerprint density at radius 3 is 2.96 bits per heavy atom. The molecule has 1 atom stereocenters. The van der Waals surface area contributed by atoms with E-state index < -0.39 is 0 Å². The molecule has 4 heterocycles. The normalized spacial score (nSPS) is 18.8. The topological polar surface area (TPSA) is 72.6 Å². The lowest BCUT2D eigenvalue weighted by molar-refractivity contribution is 0.120. The maximum absolute atomic E-state index is 4.72. The van der Waals surface area contributed by atoms with E-state index in [9.17, 15) is 0 Å². The van der Waals surface area contributed by atoms with Gasteiger partial charge in [-0.15, -0.1) is 11.3 Å². The number of hydrogen-bond donors (Lipinski definition) is 0. The number of thiazole rings is 1. The summed E-state index contributed by atoms with van der Waals surface area (Å²) in [5.41, 5.74) is 1.09. The quantitative estimate of drug-likeness (QED) is 0.709. The molecule has 0 spiro atoms. The Balaban J connectivity index is 1.46. The molecule has 7 nitrogen and oxygen atoms in total. The van der Waals surface area contributed by atoms with Gasteiger partial charge in [0.15, 0.2) is 10.8 Å². The molecule has 8 heteroatoms. The van der Waals surface area contributed by atoms with Gasteiger partial charge < -0.3 is 0 Å². The second-order valence-corrected chi connectivity index (χ2v) is 6.81. The summed E-state index contributed by atoms with van der Waals surface area (Å²) in [6.45, 7) is 2.86. The van der Waals surface area contributed by atoms with Crippen molar-refractivity contribution in [1.82, 2.24) is 34.6 Å². The molecule has 0 saturated carbocycles. The molecule has 4 rings (SSSR count). The molecule has 0 unspecified atom stereocenters. The van der Waals surface area contributed by atoms with Gasteiger partial charge in [0.25, 0.3) is 0 Å². The smallest absolute Gasteiger partial charge is 0.188 e. The van der Waals surface area contributed by atoms with Crippen molar-refractivity contribution >= 4 is 11.3 Å². The highest BCUT2D eigenvalue weighted by molar-refractivity contribution is 7.13. The summed E-state index contributed by atoms with van der Waals surface area (Å²) in [7, 11) is 0. The molecule has 1 saturated heterocycles. The molecule has 1 fully saturated rings. The molecule has 0 aromatic carbocycles. The standard InChI is InChI=1S/C16H19N7S/c1-2-7-22(14(4-1)9-23-12-17-11-20-23)8-13-10-24-16(21-13)15-18-5-3-6-19-15/h3,5-6,10-12,14H,1-2,4,7-9H2/t14-/m0/s1. The first-order valence-corrected chi connectivity index (χ1v) is 9.05. The first kappa shape index (κ1) is 15.3. The van der Waals surface area contributed by atoms with Gasteiger partial charge >= 0.3 is 0 Å². The third-order valence-electron chi connectivity index (χ3n) is 4.29. The van der Waals surface area contributed by atoms with Crippen LogP contribution in [0.25, 0.3) is 10.8 Å². The number of nitrogens with zero attached hydrogens (tertiary/aromatic N) is 7. The summed E-state index contributed by atoms with van der Waals surface area (Å²) < 4.78 is 1.92. The van der Waals surface area contributed by atoms with Crippen molar-refractivity contribution in [2.75, 3.05) is 6.54 Å². The van der Waals surface area contributed by atoms with Crippen molar-refractivity contribution in [3.05, 3.63) is 42.2 Å². The van der Waals surface area contributed by atoms with Crippen LogP contribution >= 0.6 is 11.3 Å². The summed E-state index contributed by atoms with van der Waals surface area (Å²) in [6.07, 6.45) is 10.6. The summed E-state index contributed by atoms with van der Waals surface area (Å²) in [4.78, 5) is 19.8. The van der Waals surface area contributed by atoms with Crippen molar-refractivity contribution in [2.45, 2.75) is 38.4 Å². The Morgan fingerprint density at radius 2 is 2.12 bits per heavy atom. The third kappa shape index (κ3) is 3.49. The summed E-state index contributed by atoms with van der Waals surface area (Å²) in [5, 5.41) is 7.25. The fourth-order valence-corrected chi connectivity index (χ4v) is 3.87. The van der Waals surface area contributed by atoms with E-state index in [0.717, 1.165) is 30.3 Å². The van der Waals surface area contributed by atoms with Crippen LogP contribution in [0.2, 0.25) is 0 Å². The van der Waals surface area contributed by atoms with E-state index in [4.69, 9.17) is 4.98 Å². The summed E-state index contributed by atoms with van der Waals surface area (Å²) in [5.74, 6) is 0.701. The minimum atomic E-state index is 0.485. The van der Waals surface area contributed by atoms with Crippen LogP contribution in [0.4, 0.5) is 0 Å². The third-order valence-corrected chi connectivity index (χ3v) is 5.17. The predicted octanol–water partition coefficient (Wildman–Crippen LogP) is 2.25. The lowest BCUT2D eigenvalue weighted by Gasteiger charge is -2.35. The zero-order valence-electron chi connectivity index (χ0n) is 13.3. The van der Waals surface area contributed by atoms with E-state index in [-0.39, 0.29) is 0 Å². The van der Waals surface area contributed by atoms with E-state index in [1.54, 1.807) is 36.4 Å². The monoisotopic (exact) mass is 341 g/mol. The fourth-order valence-electron chi connectivity index (χ4n) is 3.12. The number of rotatable bonds is 5. The van der Waals surface area contributed by atoms with Crippen LogP contribution in [0.15, 0.2) is 36.5 Å². The number of piperidine rings is 1. The van der Waals surface area contributed by atoms with Crippen LogP contribution in [-0.2, 0) is 13.1 Å². The van der Waals surface area contributed by atoms with Gasteiger partial charge in [-0.3, -0.25) is 9.58 Å². The molecule has 24 heavy (non-hydrogen) atoms. The largest absolute Gasteiger partial charge is 0.293 e. The van der Waals surface area contributed by atoms with Crippen molar-refractivity contribution in [1.29, 1.82) is 0 Å². The SMILES string of the molecule is c1cnc(-c2nc(CN3CCCC[C@H]3Cn3cncn3)cs2)nc1. The van der Waals surface area contributed by atoms with E-state index in [2.05, 4.69) is 30.3 Å². The van der Waals surface area contributed by atoms with Gasteiger partial charge in [0, 0.05) is 30.4 Å². The lowest BCUT2D eigenvalue weighted by atomic mass is 10.0. The predicted molar refractivity (Wildman–Crippen MR) is 91.2 cm³/mol. The Bertz CT molecular complexity index is 756. The minimum Gasteiger partial charge on any atom is -0.293 e. The van der Waals surface area contributed by atoms with Gasteiger partial charge in [-0.05, 0) is 25.5 Å². The van der Waals surface area contributed by atoms with Crippen LogP contribution in [0, 0.1) is 0 Å². The number of hydrogen-bond acceptors (Lipinski definition) is 7. The van der Waals surface area contributed by atoms with Crippen molar-refractivity contribution in [3.8, 4) is 10.8 Å². The molecule has 3 aromatic heterocycles. The Morgan fingerprint density at radius 1 is 1.21 bits per heavy atom. The average Bonchev–Trinajstić information content (AvgIpc) is 3.29. The van der Waals surface area contributed by atoms with Crippen molar-refractivity contribution in [3.63, 3.8) is 0 Å². The zero-order chi connectivity index (χ0) is 16.2. The van der Waals surface area contributed by atoms with Crippen molar-refractivity contribution in [2.24, 2.45) is 0 Å². The van der Waals surface area contributed by atoms with Crippen LogP contribution in [0.1, 0.15) is 25.0 Å². The van der Waals surface area contributed by atoms with Gasteiger partial charge in [-0.2, -0.15) is 5.10 Å². The fraction of sp³-hybridized carbons (Fsp3) is 0.438. The number of likely N-dealkylation sites (tertiary alicyclic amines) is 1. The summed E-state index contributed by atoms with van der Waals surface area (Å²) in [6, 6.07) is 2.30. The second kappa shape index (κ2) is 7.14. The van der Waals surface area contributed by atoms with Crippen LogP contribution in [0.5, 0.6) is 0 Å². The molecule has 0 radical (unpaired) electrons. The molecular formula is C16H19N7S. The van der Waals surface area contributed by atoms with E-state index in [1.165, 1.54) is 19.3 Å². The maximum Gasteiger partial charge on any atom is 0.188 e. The molecular weight excluding hydrogens is 322 g/mol. The van der Waals surface area contributed by atoms with Crippen LogP contribution in [-0.4, -0.2) is 47.2 Å². The van der Waals surface area contributed by atoms with E-state index >= 15 is 0 Å². The van der Waals surface area contributed by atoms with E-state index in [0.29, 0.717) is 11.9 Å². The zero-order valence-corrected chi connectivity index (χ0v) is 14.1. The first-order chi connectivity index (χ1) is 11.9. The minimum absolute atomic E-state index is 0.485. The molecule has 0 N–H and O–H groups in total. The maximum atomic E-state index is 4.72. The lowest BCUT2D eigenvalue weighted by Crippen LogP contribution is -2.41. The first-order valence-electron chi connectivity index (χ1n) is 8.17. The average molecular weight is 341 g/mol. The van der Waals surface area contributed by atoms with Gasteiger partial charge in [0.05, 0.1) is 12.2 Å². The Hall–Kier alpha value is -2.19. The highest BCUT2D eigenvalue weighted by Crippen LogP contribution is 2.24. The molecule has 124 valence electrons. The molecule has 0 bridgehead atoms. The van der Waals surface area contributed by atoms with E-state index in [1.807, 2.05) is 10.7 Å².